The van der Waals surface area contributed by atoms with Gasteiger partial charge in [0.25, 0.3) is 5.91 Å². The molecular weight excluding hydrogens is 776 g/mol. The lowest BCUT2D eigenvalue weighted by Gasteiger charge is -2.47. The lowest BCUT2D eigenvalue weighted by molar-refractivity contribution is -0.296. The number of esters is 1. The normalized spacial score (nSPS) is 39.5. The highest BCUT2D eigenvalue weighted by Gasteiger charge is 2.53. The van der Waals surface area contributed by atoms with E-state index in [1.54, 1.807) is 64.1 Å². The van der Waals surface area contributed by atoms with Crippen molar-refractivity contribution in [3.8, 4) is 0 Å². The molecular formula is C44H64N4O12. The maximum Gasteiger partial charge on any atom is 0.316 e. The lowest BCUT2D eigenvalue weighted by atomic mass is 9.73. The van der Waals surface area contributed by atoms with E-state index in [-0.39, 0.29) is 50.3 Å². The molecule has 0 aliphatic carbocycles. The number of aliphatic hydroxyl groups is 2. The molecule has 0 saturated carbocycles. The second-order valence-electron chi connectivity index (χ2n) is 17.6. The molecule has 1 unspecified atom stereocenters. The number of amides is 2. The molecule has 3 fully saturated rings. The lowest BCUT2D eigenvalue weighted by Crippen LogP contribution is -2.60. The van der Waals surface area contributed by atoms with Gasteiger partial charge in [-0.2, -0.15) is 0 Å². The summed E-state index contributed by atoms with van der Waals surface area (Å²) in [5.41, 5.74) is 3.79. The van der Waals surface area contributed by atoms with Gasteiger partial charge in [0.05, 0.1) is 37.1 Å². The number of carbonyl (C=O) groups is 4. The number of Topliss-reactive ketones (excluding diaryl/α,β-unsaturated/α-hetero) is 1. The first-order chi connectivity index (χ1) is 28.2. The summed E-state index contributed by atoms with van der Waals surface area (Å²) >= 11 is 0. The molecule has 0 spiro atoms. The summed E-state index contributed by atoms with van der Waals surface area (Å²) in [4.78, 5) is 67.0. The van der Waals surface area contributed by atoms with Crippen LogP contribution >= 0.6 is 0 Å². The molecule has 4 heterocycles. The van der Waals surface area contributed by atoms with Gasteiger partial charge in [-0.25, -0.2) is 4.99 Å². The zero-order chi connectivity index (χ0) is 44.3. The van der Waals surface area contributed by atoms with Crippen molar-refractivity contribution in [1.82, 2.24) is 4.90 Å². The number of fused-ring (bicyclic) bond motifs is 4. The highest BCUT2D eigenvalue weighted by atomic mass is 16.7. The minimum atomic E-state index is -1.86. The van der Waals surface area contributed by atoms with Gasteiger partial charge in [-0.3, -0.25) is 19.2 Å². The Bertz CT molecular complexity index is 1830. The monoisotopic (exact) mass is 840 g/mol. The molecule has 14 atom stereocenters. The molecule has 5 rings (SSSR count). The zero-order valence-electron chi connectivity index (χ0n) is 36.5. The standard InChI is InChI=1S/C44H64N4O12/c1-11-33-44(8,54)38-25(4)34-23(2)20-43(7,37(26(5)35(49)27(6)41(53)58-33)59-42-36(50)31(48(9)10)18-24(3)57-42)56-22-30(21-55-38)47-60-32(40(52)46-34)17-13-15-28-14-12-16-29(19-28)39(45)51/h12-16,19,23-27,31-33,36-38,42,50,54H,11,17-18,20-22H2,1-10H3,(H2,45,51)/b15-13+,46-34?,47-30-/t23-,24-,25+,26+,27-,31+,32?,33-,36-,37-,38-,42+,43-,44-/m1/s1. The molecule has 16 heteroatoms. The van der Waals surface area contributed by atoms with Crippen LogP contribution in [-0.2, 0) is 42.9 Å². The Labute approximate surface area is 352 Å². The Morgan fingerprint density at radius 2 is 1.80 bits per heavy atom. The summed E-state index contributed by atoms with van der Waals surface area (Å²) in [6.45, 7) is 13.3. The molecule has 4 aliphatic heterocycles. The van der Waals surface area contributed by atoms with Gasteiger partial charge in [0, 0.05) is 35.6 Å². The molecule has 16 nitrogen and oxygen atoms in total. The summed E-state index contributed by atoms with van der Waals surface area (Å²) in [7, 11) is 3.72. The van der Waals surface area contributed by atoms with Crippen molar-refractivity contribution in [3.05, 3.63) is 41.5 Å². The van der Waals surface area contributed by atoms with Gasteiger partial charge in [0.15, 0.2) is 12.1 Å². The number of benzene rings is 1. The Balaban J connectivity index is 1.66. The first-order valence-corrected chi connectivity index (χ1v) is 21.0. The molecule has 60 heavy (non-hydrogen) atoms. The smallest absolute Gasteiger partial charge is 0.316 e. The minimum absolute atomic E-state index is 0.0498. The average Bonchev–Trinajstić information content (AvgIpc) is 3.22. The van der Waals surface area contributed by atoms with Gasteiger partial charge in [-0.1, -0.05) is 57.1 Å². The number of hydrogen-bond acceptors (Lipinski definition) is 14. The number of nitrogens with zero attached hydrogens (tertiary/aromatic N) is 3. The Kier molecular flexibility index (Phi) is 15.3. The van der Waals surface area contributed by atoms with Gasteiger partial charge in [0.2, 0.25) is 12.0 Å². The number of ketones is 1. The topological polar surface area (TPSA) is 218 Å². The summed E-state index contributed by atoms with van der Waals surface area (Å²) in [5, 5.41) is 28.4. The van der Waals surface area contributed by atoms with Crippen molar-refractivity contribution in [3.63, 3.8) is 0 Å². The molecule has 2 amide bonds. The SMILES string of the molecule is CC[C@H]1OC(=O)[C@H](C)C(=O)[C@H](C)[C@@H](O[C@@H]2O[C@H](C)C[C@H](N(C)C)[C@H]2O)[C@@]2(C)C[C@@H](C)C3=NC(=O)C(C/C=C/c4cccc(C(N)=O)c4)O/N=C(/CO[C@H]([C@H]3C)[C@]1(C)O)CO2. The van der Waals surface area contributed by atoms with Gasteiger partial charge < -0.3 is 49.4 Å². The van der Waals surface area contributed by atoms with Crippen molar-refractivity contribution in [2.75, 3.05) is 27.3 Å². The second kappa shape index (κ2) is 19.4. The predicted molar refractivity (Wildman–Crippen MR) is 222 cm³/mol. The molecule has 0 radical (unpaired) electrons. The first-order valence-electron chi connectivity index (χ1n) is 21.0. The number of oxime groups is 1. The van der Waals surface area contributed by atoms with Crippen LogP contribution in [0.25, 0.3) is 6.08 Å². The van der Waals surface area contributed by atoms with Crippen LogP contribution < -0.4 is 5.73 Å². The van der Waals surface area contributed by atoms with Crippen molar-refractivity contribution >= 4 is 41.1 Å². The minimum Gasteiger partial charge on any atom is -0.459 e. The van der Waals surface area contributed by atoms with E-state index in [0.29, 0.717) is 23.3 Å². The number of aliphatic hydroxyl groups excluding tert-OH is 1. The number of ether oxygens (including phenoxy) is 5. The highest BCUT2D eigenvalue weighted by molar-refractivity contribution is 6.01. The van der Waals surface area contributed by atoms with Crippen LogP contribution in [0.4, 0.5) is 0 Å². The van der Waals surface area contributed by atoms with E-state index >= 15 is 0 Å². The highest BCUT2D eigenvalue weighted by Crippen LogP contribution is 2.40. The fourth-order valence-electron chi connectivity index (χ4n) is 9.07. The number of primary amides is 1. The first kappa shape index (κ1) is 47.2. The molecule has 4 aliphatic rings. The summed E-state index contributed by atoms with van der Waals surface area (Å²) < 4.78 is 32.3. The van der Waals surface area contributed by atoms with E-state index in [9.17, 15) is 29.4 Å². The van der Waals surface area contributed by atoms with Crippen LogP contribution in [0.1, 0.15) is 97.0 Å². The Hall–Kier alpha value is -3.90. The molecule has 1 aromatic carbocycles. The van der Waals surface area contributed by atoms with E-state index in [1.807, 2.05) is 32.8 Å². The third-order valence-electron chi connectivity index (χ3n) is 12.5. The number of hydrogen-bond donors (Lipinski definition) is 3. The maximum absolute atomic E-state index is 14.4. The third-order valence-corrected chi connectivity index (χ3v) is 12.5. The van der Waals surface area contributed by atoms with Gasteiger partial charge in [0.1, 0.15) is 29.4 Å². The van der Waals surface area contributed by atoms with Crippen LogP contribution in [-0.4, -0.2) is 138 Å². The molecule has 4 bridgehead atoms. The van der Waals surface area contributed by atoms with Crippen LogP contribution in [0.3, 0.4) is 0 Å². The number of rotatable bonds is 8. The largest absolute Gasteiger partial charge is 0.459 e. The molecule has 332 valence electrons. The number of aliphatic imine (C=N–C) groups is 1. The predicted octanol–water partition coefficient (Wildman–Crippen LogP) is 3.49. The number of cyclic esters (lactones) is 1. The van der Waals surface area contributed by atoms with E-state index in [0.717, 1.165) is 0 Å². The van der Waals surface area contributed by atoms with E-state index < -0.39 is 95.3 Å². The summed E-state index contributed by atoms with van der Waals surface area (Å²) in [5.74, 6) is -6.19. The molecule has 3 saturated heterocycles. The molecule has 0 aromatic heterocycles. The van der Waals surface area contributed by atoms with Crippen molar-refractivity contribution in [2.24, 2.45) is 39.6 Å². The van der Waals surface area contributed by atoms with E-state index in [1.165, 1.54) is 13.8 Å². The quantitative estimate of drug-likeness (QED) is 0.253. The van der Waals surface area contributed by atoms with E-state index in [4.69, 9.17) is 39.2 Å². The zero-order valence-corrected chi connectivity index (χ0v) is 36.5. The van der Waals surface area contributed by atoms with Gasteiger partial charge in [-0.15, -0.1) is 0 Å². The van der Waals surface area contributed by atoms with Crippen LogP contribution in [0.5, 0.6) is 0 Å². The van der Waals surface area contributed by atoms with Crippen LogP contribution in [0.2, 0.25) is 0 Å². The Morgan fingerprint density at radius 1 is 1.08 bits per heavy atom. The summed E-state index contributed by atoms with van der Waals surface area (Å²) in [6, 6.07) is 6.40. The van der Waals surface area contributed by atoms with Gasteiger partial charge >= 0.3 is 5.97 Å². The maximum atomic E-state index is 14.4. The van der Waals surface area contributed by atoms with Crippen molar-refractivity contribution in [2.45, 2.75) is 141 Å². The third kappa shape index (κ3) is 10.4. The number of carbonyl (C=O) groups excluding carboxylic acids is 4. The second-order valence-corrected chi connectivity index (χ2v) is 17.6. The van der Waals surface area contributed by atoms with Crippen molar-refractivity contribution < 1.29 is 57.9 Å². The number of nitrogens with two attached hydrogens (primary N) is 1. The average molecular weight is 841 g/mol. The van der Waals surface area contributed by atoms with E-state index in [2.05, 4.69) is 5.16 Å². The molecule has 1 aromatic rings. The van der Waals surface area contributed by atoms with Crippen LogP contribution in [0, 0.1) is 23.7 Å². The van der Waals surface area contributed by atoms with Crippen LogP contribution in [0.15, 0.2) is 40.5 Å². The number of likely N-dealkylation sites (N-methyl/N-ethyl adjacent to an activating group) is 1. The molecule has 4 N–H and O–H groups in total. The van der Waals surface area contributed by atoms with Crippen molar-refractivity contribution in [1.29, 1.82) is 0 Å². The fourth-order valence-corrected chi connectivity index (χ4v) is 9.07. The Morgan fingerprint density at radius 3 is 2.47 bits per heavy atom. The van der Waals surface area contributed by atoms with Gasteiger partial charge in [-0.05, 0) is 84.7 Å². The fraction of sp³-hybridized carbons (Fsp3) is 0.682. The summed E-state index contributed by atoms with van der Waals surface area (Å²) in [6.07, 6.45) is -2.84.